The minimum absolute atomic E-state index is 0.377. The first kappa shape index (κ1) is 32.1. The first-order valence-corrected chi connectivity index (χ1v) is 14.6. The molecule has 0 spiro atoms. The molecule has 0 aliphatic heterocycles. The second kappa shape index (κ2) is 17.5. The van der Waals surface area contributed by atoms with E-state index < -0.39 is 22.8 Å². The molecule has 1 atom stereocenters. The van der Waals surface area contributed by atoms with Crippen molar-refractivity contribution in [2.75, 3.05) is 6.61 Å². The predicted octanol–water partition coefficient (Wildman–Crippen LogP) is 9.01. The molecule has 1 rings (SSSR count). The second-order valence-corrected chi connectivity index (χ2v) is 11.5. The zero-order valence-electron chi connectivity index (χ0n) is 23.8. The Kier molecular flexibility index (Phi) is 15.6. The molecule has 208 valence electrons. The van der Waals surface area contributed by atoms with Crippen LogP contribution in [0.1, 0.15) is 154 Å². The first-order chi connectivity index (χ1) is 17.1. The minimum atomic E-state index is -0.655. The molecule has 1 aromatic carbocycles. The Balaban J connectivity index is 2.17. The molecule has 0 amide bonds. The van der Waals surface area contributed by atoms with Gasteiger partial charge in [0.2, 0.25) is 5.75 Å². The van der Waals surface area contributed by atoms with Gasteiger partial charge in [0.25, 0.3) is 0 Å². The Morgan fingerprint density at radius 3 is 1.58 bits per heavy atom. The summed E-state index contributed by atoms with van der Waals surface area (Å²) in [6.45, 7) is 10.0. The van der Waals surface area contributed by atoms with Gasteiger partial charge in [0, 0.05) is 5.56 Å². The quantitative estimate of drug-likeness (QED) is 0.0989. The van der Waals surface area contributed by atoms with Crippen molar-refractivity contribution in [3.63, 3.8) is 0 Å². The maximum absolute atomic E-state index is 12.6. The number of aromatic hydroxyl groups is 3. The van der Waals surface area contributed by atoms with Gasteiger partial charge in [0.1, 0.15) is 0 Å². The van der Waals surface area contributed by atoms with Crippen LogP contribution in [0.2, 0.25) is 0 Å². The zero-order valence-corrected chi connectivity index (χ0v) is 23.8. The number of hydrogen-bond donors (Lipinski definition) is 3. The highest BCUT2D eigenvalue weighted by Crippen LogP contribution is 2.46. The molecule has 0 saturated carbocycles. The Labute approximate surface area is 220 Å². The Morgan fingerprint density at radius 1 is 0.750 bits per heavy atom. The Morgan fingerprint density at radius 2 is 1.17 bits per heavy atom. The molecule has 0 radical (unpaired) electrons. The van der Waals surface area contributed by atoms with Gasteiger partial charge in [-0.2, -0.15) is 0 Å². The van der Waals surface area contributed by atoms with Crippen LogP contribution in [0.25, 0.3) is 0 Å². The highest BCUT2D eigenvalue weighted by molar-refractivity contribution is 5.79. The number of carbonyl (C=O) groups is 1. The van der Waals surface area contributed by atoms with Crippen LogP contribution in [0.3, 0.4) is 0 Å². The molecule has 36 heavy (non-hydrogen) atoms. The van der Waals surface area contributed by atoms with Crippen molar-refractivity contribution in [1.82, 2.24) is 0 Å². The van der Waals surface area contributed by atoms with Crippen LogP contribution in [-0.2, 0) is 14.9 Å². The number of phenols is 3. The number of carbonyl (C=O) groups excluding carboxylic acids is 1. The molecule has 0 heterocycles. The highest BCUT2D eigenvalue weighted by Gasteiger charge is 2.31. The molecular weight excluding hydrogens is 452 g/mol. The fraction of sp³-hybridized carbons (Fsp3) is 0.774. The van der Waals surface area contributed by atoms with Crippen LogP contribution >= 0.6 is 0 Å². The SMILES string of the molecule is CCCCCCCCCCCCCCCCCCOC(=O)C(C)c1cc(O)c(O)c(O)c1C(C)(C)C. The second-order valence-electron chi connectivity index (χ2n) is 11.5. The van der Waals surface area contributed by atoms with E-state index in [1.165, 1.54) is 96.0 Å². The smallest absolute Gasteiger partial charge is 0.313 e. The molecule has 0 aromatic heterocycles. The monoisotopic (exact) mass is 506 g/mol. The number of benzene rings is 1. The molecule has 1 unspecified atom stereocenters. The van der Waals surface area contributed by atoms with Gasteiger partial charge in [-0.3, -0.25) is 4.79 Å². The van der Waals surface area contributed by atoms with Gasteiger partial charge < -0.3 is 20.1 Å². The summed E-state index contributed by atoms with van der Waals surface area (Å²) in [6.07, 6.45) is 20.8. The van der Waals surface area contributed by atoms with Gasteiger partial charge in [0.05, 0.1) is 12.5 Å². The summed E-state index contributed by atoms with van der Waals surface area (Å²) in [5.41, 5.74) is 0.407. The molecule has 0 aliphatic carbocycles. The summed E-state index contributed by atoms with van der Waals surface area (Å²) < 4.78 is 5.49. The van der Waals surface area contributed by atoms with Crippen molar-refractivity contribution in [2.24, 2.45) is 0 Å². The standard InChI is InChI=1S/C31H54O5/c1-6-7-8-9-10-11-12-13-14-15-16-17-18-19-20-21-22-36-30(35)24(2)25-23-26(32)28(33)29(34)27(25)31(3,4)5/h23-24,32-34H,6-22H2,1-5H3. The van der Waals surface area contributed by atoms with Gasteiger partial charge >= 0.3 is 5.97 Å². The summed E-state index contributed by atoms with van der Waals surface area (Å²) in [6, 6.07) is 1.36. The van der Waals surface area contributed by atoms with E-state index in [2.05, 4.69) is 6.92 Å². The van der Waals surface area contributed by atoms with Crippen LogP contribution < -0.4 is 0 Å². The molecule has 1 aromatic rings. The fourth-order valence-corrected chi connectivity index (χ4v) is 4.87. The van der Waals surface area contributed by atoms with Gasteiger partial charge in [-0.05, 0) is 30.4 Å². The third kappa shape index (κ3) is 11.9. The lowest BCUT2D eigenvalue weighted by atomic mass is 9.79. The topological polar surface area (TPSA) is 87.0 Å². The van der Waals surface area contributed by atoms with Crippen molar-refractivity contribution in [3.8, 4) is 17.2 Å². The lowest BCUT2D eigenvalue weighted by Crippen LogP contribution is -2.21. The summed E-state index contributed by atoms with van der Waals surface area (Å²) in [5, 5.41) is 30.3. The maximum Gasteiger partial charge on any atom is 0.313 e. The lowest BCUT2D eigenvalue weighted by Gasteiger charge is -2.27. The average Bonchev–Trinajstić information content (AvgIpc) is 2.82. The summed E-state index contributed by atoms with van der Waals surface area (Å²) >= 11 is 0. The summed E-state index contributed by atoms with van der Waals surface area (Å²) in [5.74, 6) is -2.41. The summed E-state index contributed by atoms with van der Waals surface area (Å²) in [4.78, 5) is 12.6. The highest BCUT2D eigenvalue weighted by atomic mass is 16.5. The predicted molar refractivity (Wildman–Crippen MR) is 149 cm³/mol. The number of ether oxygens (including phenoxy) is 1. The van der Waals surface area contributed by atoms with E-state index in [0.29, 0.717) is 17.7 Å². The van der Waals surface area contributed by atoms with Crippen molar-refractivity contribution in [1.29, 1.82) is 0 Å². The molecule has 3 N–H and O–H groups in total. The molecule has 5 nitrogen and oxygen atoms in total. The third-order valence-electron chi connectivity index (χ3n) is 7.10. The molecule has 0 fully saturated rings. The number of unbranched alkanes of at least 4 members (excludes halogenated alkanes) is 15. The number of hydrogen-bond acceptors (Lipinski definition) is 5. The minimum Gasteiger partial charge on any atom is -0.504 e. The largest absolute Gasteiger partial charge is 0.504 e. The first-order valence-electron chi connectivity index (χ1n) is 14.6. The normalized spacial score (nSPS) is 12.6. The van der Waals surface area contributed by atoms with Gasteiger partial charge in [0.15, 0.2) is 11.5 Å². The Hall–Kier alpha value is -1.91. The molecule has 5 heteroatoms. The van der Waals surface area contributed by atoms with Gasteiger partial charge in [-0.25, -0.2) is 0 Å². The van der Waals surface area contributed by atoms with E-state index in [1.807, 2.05) is 20.8 Å². The van der Waals surface area contributed by atoms with Gasteiger partial charge in [-0.15, -0.1) is 0 Å². The summed E-state index contributed by atoms with van der Waals surface area (Å²) in [7, 11) is 0. The molecule has 0 bridgehead atoms. The molecule has 0 saturated heterocycles. The number of esters is 1. The van der Waals surface area contributed by atoms with E-state index in [9.17, 15) is 20.1 Å². The molecule has 0 aliphatic rings. The van der Waals surface area contributed by atoms with Crippen LogP contribution in [-0.4, -0.2) is 27.9 Å². The number of rotatable bonds is 19. The Bertz CT molecular complexity index is 750. The zero-order chi connectivity index (χ0) is 27.0. The van der Waals surface area contributed by atoms with Crippen LogP contribution in [0, 0.1) is 0 Å². The number of phenolic OH excluding ortho intramolecular Hbond substituents is 3. The van der Waals surface area contributed by atoms with Gasteiger partial charge in [-0.1, -0.05) is 124 Å². The van der Waals surface area contributed by atoms with E-state index >= 15 is 0 Å². The van der Waals surface area contributed by atoms with Crippen molar-refractivity contribution >= 4 is 5.97 Å². The van der Waals surface area contributed by atoms with Crippen molar-refractivity contribution < 1.29 is 24.9 Å². The van der Waals surface area contributed by atoms with Crippen molar-refractivity contribution in [3.05, 3.63) is 17.2 Å². The van der Waals surface area contributed by atoms with E-state index in [1.54, 1.807) is 6.92 Å². The van der Waals surface area contributed by atoms with E-state index in [-0.39, 0.29) is 11.7 Å². The van der Waals surface area contributed by atoms with Crippen molar-refractivity contribution in [2.45, 2.75) is 149 Å². The van der Waals surface area contributed by atoms with Crippen LogP contribution in [0.4, 0.5) is 0 Å². The molecular formula is C31H54O5. The fourth-order valence-electron chi connectivity index (χ4n) is 4.87. The van der Waals surface area contributed by atoms with E-state index in [0.717, 1.165) is 12.8 Å². The van der Waals surface area contributed by atoms with Crippen LogP contribution in [0.15, 0.2) is 6.07 Å². The third-order valence-corrected chi connectivity index (χ3v) is 7.10. The average molecular weight is 507 g/mol. The van der Waals surface area contributed by atoms with Crippen LogP contribution in [0.5, 0.6) is 17.2 Å². The maximum atomic E-state index is 12.6. The van der Waals surface area contributed by atoms with E-state index in [4.69, 9.17) is 4.74 Å². The lowest BCUT2D eigenvalue weighted by molar-refractivity contribution is -0.145.